The highest BCUT2D eigenvalue weighted by molar-refractivity contribution is 7.99. The van der Waals surface area contributed by atoms with E-state index >= 15 is 0 Å². The number of aryl methyl sites for hydroxylation is 2. The molecule has 3 nitrogen and oxygen atoms in total. The second-order valence-corrected chi connectivity index (χ2v) is 5.18. The summed E-state index contributed by atoms with van der Waals surface area (Å²) in [6, 6.07) is 9.89. The van der Waals surface area contributed by atoms with Gasteiger partial charge in [0.2, 0.25) is 0 Å². The van der Waals surface area contributed by atoms with E-state index in [0.717, 1.165) is 9.92 Å². The van der Waals surface area contributed by atoms with E-state index < -0.39 is 0 Å². The molecule has 0 aliphatic rings. The minimum Gasteiger partial charge on any atom is -0.384 e. The fourth-order valence-electron chi connectivity index (χ4n) is 1.57. The van der Waals surface area contributed by atoms with Crippen molar-refractivity contribution in [1.29, 1.82) is 5.41 Å². The molecule has 0 spiro atoms. The van der Waals surface area contributed by atoms with Crippen molar-refractivity contribution in [2.75, 3.05) is 0 Å². The van der Waals surface area contributed by atoms with E-state index in [1.165, 1.54) is 22.9 Å². The lowest BCUT2D eigenvalue weighted by Gasteiger charge is -2.08. The second-order valence-electron chi connectivity index (χ2n) is 4.12. The van der Waals surface area contributed by atoms with Crippen LogP contribution in [0.3, 0.4) is 0 Å². The van der Waals surface area contributed by atoms with E-state index in [1.54, 1.807) is 12.3 Å². The Bertz CT molecular complexity index is 593. The first kappa shape index (κ1) is 12.6. The van der Waals surface area contributed by atoms with E-state index in [0.29, 0.717) is 5.56 Å². The zero-order valence-electron chi connectivity index (χ0n) is 10.4. The van der Waals surface area contributed by atoms with Crippen LogP contribution in [0.4, 0.5) is 0 Å². The predicted molar refractivity (Wildman–Crippen MR) is 75.3 cm³/mol. The highest BCUT2D eigenvalue weighted by Gasteiger charge is 2.08. The van der Waals surface area contributed by atoms with Crippen LogP contribution in [0.1, 0.15) is 16.7 Å². The Labute approximate surface area is 111 Å². The molecule has 4 heteroatoms. The van der Waals surface area contributed by atoms with Gasteiger partial charge in [-0.3, -0.25) is 5.41 Å². The minimum atomic E-state index is 0.0504. The molecule has 1 aromatic carbocycles. The van der Waals surface area contributed by atoms with Crippen LogP contribution < -0.4 is 5.73 Å². The maximum Gasteiger partial charge on any atom is 0.125 e. The molecule has 1 aromatic heterocycles. The van der Waals surface area contributed by atoms with Gasteiger partial charge in [-0.25, -0.2) is 4.98 Å². The number of benzene rings is 1. The summed E-state index contributed by atoms with van der Waals surface area (Å²) >= 11 is 1.53. The molecule has 2 aromatic rings. The van der Waals surface area contributed by atoms with Crippen LogP contribution >= 0.6 is 11.8 Å². The molecular weight excluding hydrogens is 242 g/mol. The van der Waals surface area contributed by atoms with Crippen molar-refractivity contribution in [3.05, 3.63) is 53.2 Å². The number of hydrogen-bond donors (Lipinski definition) is 2. The average molecular weight is 257 g/mol. The van der Waals surface area contributed by atoms with Gasteiger partial charge in [-0.15, -0.1) is 0 Å². The van der Waals surface area contributed by atoms with Crippen molar-refractivity contribution >= 4 is 17.6 Å². The Hall–Kier alpha value is -1.81. The zero-order valence-corrected chi connectivity index (χ0v) is 11.2. The van der Waals surface area contributed by atoms with Crippen LogP contribution in [-0.2, 0) is 0 Å². The molecule has 2 rings (SSSR count). The summed E-state index contributed by atoms with van der Waals surface area (Å²) in [5, 5.41) is 8.31. The largest absolute Gasteiger partial charge is 0.384 e. The maximum atomic E-state index is 7.54. The first-order valence-electron chi connectivity index (χ1n) is 5.62. The van der Waals surface area contributed by atoms with Gasteiger partial charge in [0, 0.05) is 16.7 Å². The Kier molecular flexibility index (Phi) is 3.67. The topological polar surface area (TPSA) is 62.8 Å². The standard InChI is InChI=1S/C14H15N3S/c1-9-5-6-11(8-10(9)2)18-14-12(13(15)16)4-3-7-17-14/h3-8H,1-2H3,(H3,15,16). The van der Waals surface area contributed by atoms with E-state index in [4.69, 9.17) is 11.1 Å². The van der Waals surface area contributed by atoms with Crippen molar-refractivity contribution in [3.8, 4) is 0 Å². The molecular formula is C14H15N3S. The first-order chi connectivity index (χ1) is 8.58. The lowest BCUT2D eigenvalue weighted by molar-refractivity contribution is 1.11. The third kappa shape index (κ3) is 2.71. The number of nitrogens with zero attached hydrogens (tertiary/aromatic N) is 1. The van der Waals surface area contributed by atoms with Crippen molar-refractivity contribution in [2.24, 2.45) is 5.73 Å². The molecule has 0 amide bonds. The molecule has 0 aliphatic carbocycles. The summed E-state index contributed by atoms with van der Waals surface area (Å²) in [4.78, 5) is 5.40. The normalized spacial score (nSPS) is 10.3. The molecule has 0 radical (unpaired) electrons. The number of nitrogen functional groups attached to an aromatic ring is 1. The van der Waals surface area contributed by atoms with E-state index in [-0.39, 0.29) is 5.84 Å². The molecule has 18 heavy (non-hydrogen) atoms. The van der Waals surface area contributed by atoms with E-state index in [9.17, 15) is 0 Å². The number of amidine groups is 1. The third-order valence-electron chi connectivity index (χ3n) is 2.75. The Morgan fingerprint density at radius 3 is 2.67 bits per heavy atom. The van der Waals surface area contributed by atoms with Gasteiger partial charge in [-0.05, 0) is 49.2 Å². The molecule has 0 saturated carbocycles. The summed E-state index contributed by atoms with van der Waals surface area (Å²) in [6.45, 7) is 4.18. The number of nitrogens with two attached hydrogens (primary N) is 1. The monoisotopic (exact) mass is 257 g/mol. The van der Waals surface area contributed by atoms with Crippen LogP contribution in [0.2, 0.25) is 0 Å². The van der Waals surface area contributed by atoms with Crippen LogP contribution in [0.15, 0.2) is 46.5 Å². The molecule has 92 valence electrons. The quantitative estimate of drug-likeness (QED) is 0.656. The highest BCUT2D eigenvalue weighted by Crippen LogP contribution is 2.29. The smallest absolute Gasteiger partial charge is 0.125 e. The zero-order chi connectivity index (χ0) is 13.1. The van der Waals surface area contributed by atoms with Gasteiger partial charge < -0.3 is 5.73 Å². The molecule has 0 aliphatic heterocycles. The number of hydrogen-bond acceptors (Lipinski definition) is 3. The SMILES string of the molecule is Cc1ccc(Sc2ncccc2C(=N)N)cc1C. The van der Waals surface area contributed by atoms with Crippen molar-refractivity contribution in [1.82, 2.24) is 4.98 Å². The van der Waals surface area contributed by atoms with Gasteiger partial charge in [0.1, 0.15) is 10.9 Å². The lowest BCUT2D eigenvalue weighted by atomic mass is 10.1. The van der Waals surface area contributed by atoms with Crippen molar-refractivity contribution in [3.63, 3.8) is 0 Å². The summed E-state index contributed by atoms with van der Waals surface area (Å²) in [5.41, 5.74) is 8.75. The van der Waals surface area contributed by atoms with Gasteiger partial charge in [0.05, 0.1) is 0 Å². The van der Waals surface area contributed by atoms with Gasteiger partial charge in [-0.1, -0.05) is 17.8 Å². The Morgan fingerprint density at radius 1 is 1.22 bits per heavy atom. The molecule has 0 unspecified atom stereocenters. The van der Waals surface area contributed by atoms with Crippen LogP contribution in [0, 0.1) is 19.3 Å². The third-order valence-corrected chi connectivity index (χ3v) is 3.76. The average Bonchev–Trinajstić information content (AvgIpc) is 2.34. The van der Waals surface area contributed by atoms with Crippen LogP contribution in [-0.4, -0.2) is 10.8 Å². The predicted octanol–water partition coefficient (Wildman–Crippen LogP) is 3.13. The molecule has 0 saturated heterocycles. The number of nitrogens with one attached hydrogen (secondary N) is 1. The van der Waals surface area contributed by atoms with E-state index in [2.05, 4.69) is 37.0 Å². The van der Waals surface area contributed by atoms with Gasteiger partial charge in [0.15, 0.2) is 0 Å². The summed E-state index contributed by atoms with van der Waals surface area (Å²) in [6.07, 6.45) is 1.72. The van der Waals surface area contributed by atoms with Gasteiger partial charge in [-0.2, -0.15) is 0 Å². The summed E-state index contributed by atoms with van der Waals surface area (Å²) < 4.78 is 0. The number of pyridine rings is 1. The van der Waals surface area contributed by atoms with Gasteiger partial charge in [0.25, 0.3) is 0 Å². The Morgan fingerprint density at radius 2 is 2.00 bits per heavy atom. The molecule has 3 N–H and O–H groups in total. The molecule has 0 bridgehead atoms. The maximum absolute atomic E-state index is 7.54. The first-order valence-corrected chi connectivity index (χ1v) is 6.44. The number of aromatic nitrogens is 1. The second kappa shape index (κ2) is 5.23. The van der Waals surface area contributed by atoms with Gasteiger partial charge >= 0.3 is 0 Å². The van der Waals surface area contributed by atoms with Crippen molar-refractivity contribution < 1.29 is 0 Å². The molecule has 0 atom stereocenters. The summed E-state index contributed by atoms with van der Waals surface area (Å²) in [7, 11) is 0. The van der Waals surface area contributed by atoms with Crippen molar-refractivity contribution in [2.45, 2.75) is 23.8 Å². The minimum absolute atomic E-state index is 0.0504. The molecule has 1 heterocycles. The van der Waals surface area contributed by atoms with Crippen LogP contribution in [0.5, 0.6) is 0 Å². The highest BCUT2D eigenvalue weighted by atomic mass is 32.2. The molecule has 0 fully saturated rings. The van der Waals surface area contributed by atoms with Crippen LogP contribution in [0.25, 0.3) is 0 Å². The summed E-state index contributed by atoms with van der Waals surface area (Å²) in [5.74, 6) is 0.0504. The fourth-order valence-corrected chi connectivity index (χ4v) is 2.56. The van der Waals surface area contributed by atoms with E-state index in [1.807, 2.05) is 6.07 Å². The number of rotatable bonds is 3. The Balaban J connectivity index is 2.34. The fraction of sp³-hybridized carbons (Fsp3) is 0.143. The lowest BCUT2D eigenvalue weighted by Crippen LogP contribution is -2.12.